The number of benzene rings is 1. The number of aliphatic hydroxyl groups is 1. The molecule has 0 aliphatic heterocycles. The molecule has 2 N–H and O–H groups in total. The van der Waals surface area contributed by atoms with Gasteiger partial charge in [0.2, 0.25) is 0 Å². The van der Waals surface area contributed by atoms with Crippen molar-refractivity contribution in [2.24, 2.45) is 29.6 Å². The van der Waals surface area contributed by atoms with Gasteiger partial charge in [-0.15, -0.1) is 0 Å². The van der Waals surface area contributed by atoms with E-state index in [1.165, 1.54) is 32.1 Å². The van der Waals surface area contributed by atoms with Crippen molar-refractivity contribution < 1.29 is 5.11 Å². The van der Waals surface area contributed by atoms with Gasteiger partial charge in [0.25, 0.3) is 0 Å². The van der Waals surface area contributed by atoms with Crippen molar-refractivity contribution >= 4 is 0 Å². The average molecular weight is 310 g/mol. The third-order valence-corrected chi connectivity index (χ3v) is 6.59. The smallest absolute Gasteiger partial charge is 0.0992 e. The van der Waals surface area contributed by atoms with Gasteiger partial charge in [-0.1, -0.05) is 30.3 Å². The topological polar surface area (TPSA) is 56.0 Å². The van der Waals surface area contributed by atoms with Crippen LogP contribution in [0.4, 0.5) is 0 Å². The highest BCUT2D eigenvalue weighted by Gasteiger charge is 2.50. The lowest BCUT2D eigenvalue weighted by atomic mass is 9.50. The Morgan fingerprint density at radius 1 is 1.04 bits per heavy atom. The third kappa shape index (κ3) is 2.79. The Kier molecular flexibility index (Phi) is 4.13. The van der Waals surface area contributed by atoms with Crippen LogP contribution in [0.15, 0.2) is 30.3 Å². The molecule has 23 heavy (non-hydrogen) atoms. The molecule has 0 heterocycles. The second kappa shape index (κ2) is 6.26. The second-order valence-corrected chi connectivity index (χ2v) is 7.93. The minimum atomic E-state index is -0.141. The van der Waals surface area contributed by atoms with Crippen molar-refractivity contribution in [2.75, 3.05) is 6.61 Å². The fourth-order valence-electron chi connectivity index (χ4n) is 5.90. The Balaban J connectivity index is 1.51. The van der Waals surface area contributed by atoms with E-state index in [2.05, 4.69) is 11.4 Å². The lowest BCUT2D eigenvalue weighted by Gasteiger charge is -2.55. The quantitative estimate of drug-likeness (QED) is 0.877. The van der Waals surface area contributed by atoms with E-state index in [1.54, 1.807) is 0 Å². The molecule has 5 rings (SSSR count). The highest BCUT2D eigenvalue weighted by molar-refractivity contribution is 5.20. The molecule has 4 bridgehead atoms. The summed E-state index contributed by atoms with van der Waals surface area (Å²) in [6.07, 6.45) is 6.74. The molecule has 0 radical (unpaired) electrons. The van der Waals surface area contributed by atoms with E-state index in [1.807, 2.05) is 30.3 Å². The summed E-state index contributed by atoms with van der Waals surface area (Å²) in [6, 6.07) is 12.3. The first-order valence-corrected chi connectivity index (χ1v) is 9.10. The Morgan fingerprint density at radius 2 is 1.65 bits per heavy atom. The van der Waals surface area contributed by atoms with E-state index >= 15 is 0 Å². The zero-order chi connectivity index (χ0) is 15.8. The number of hydrogen-bond acceptors (Lipinski definition) is 3. The Bertz CT molecular complexity index is 551. The Morgan fingerprint density at radius 3 is 2.17 bits per heavy atom. The monoisotopic (exact) mass is 310 g/mol. The summed E-state index contributed by atoms with van der Waals surface area (Å²) in [5.74, 6) is 3.77. The molecule has 4 fully saturated rings. The first kappa shape index (κ1) is 15.2. The SMILES string of the molecule is N#C[C@H](N[C@@H](CO)c1ccccc1)C1C2CC3CC(C2)CC1C3. The molecular formula is C20H26N2O. The normalized spacial score (nSPS) is 37.3. The highest BCUT2D eigenvalue weighted by atomic mass is 16.3. The molecule has 0 spiro atoms. The van der Waals surface area contributed by atoms with Gasteiger partial charge < -0.3 is 5.11 Å². The molecule has 1 aromatic rings. The largest absolute Gasteiger partial charge is 0.394 e. The molecule has 1 aromatic carbocycles. The Labute approximate surface area is 138 Å². The number of rotatable bonds is 5. The number of aliphatic hydroxyl groups excluding tert-OH is 1. The van der Waals surface area contributed by atoms with Gasteiger partial charge in [-0.05, 0) is 67.3 Å². The summed E-state index contributed by atoms with van der Waals surface area (Å²) in [5.41, 5.74) is 1.07. The minimum Gasteiger partial charge on any atom is -0.394 e. The van der Waals surface area contributed by atoms with Crippen molar-refractivity contribution in [1.82, 2.24) is 5.32 Å². The molecular weight excluding hydrogens is 284 g/mol. The van der Waals surface area contributed by atoms with Crippen LogP contribution in [0.1, 0.15) is 43.7 Å². The molecule has 0 amide bonds. The van der Waals surface area contributed by atoms with Crippen LogP contribution in [0.3, 0.4) is 0 Å². The zero-order valence-corrected chi connectivity index (χ0v) is 13.6. The maximum absolute atomic E-state index is 9.81. The predicted octanol–water partition coefficient (Wildman–Crippen LogP) is 3.27. The number of nitrogens with zero attached hydrogens (tertiary/aromatic N) is 1. The average Bonchev–Trinajstić information content (AvgIpc) is 2.57. The van der Waals surface area contributed by atoms with Crippen LogP contribution in [0.25, 0.3) is 0 Å². The third-order valence-electron chi connectivity index (χ3n) is 6.59. The number of hydrogen-bond donors (Lipinski definition) is 2. The fraction of sp³-hybridized carbons (Fsp3) is 0.650. The van der Waals surface area contributed by atoms with Crippen LogP contribution in [0.5, 0.6) is 0 Å². The Hall–Kier alpha value is -1.37. The summed E-state index contributed by atoms with van der Waals surface area (Å²) < 4.78 is 0. The van der Waals surface area contributed by atoms with Gasteiger partial charge in [0.15, 0.2) is 0 Å². The van der Waals surface area contributed by atoms with Gasteiger partial charge in [-0.25, -0.2) is 0 Å². The summed E-state index contributed by atoms with van der Waals surface area (Å²) >= 11 is 0. The van der Waals surface area contributed by atoms with Crippen LogP contribution in [-0.2, 0) is 0 Å². The van der Waals surface area contributed by atoms with Crippen molar-refractivity contribution in [3.8, 4) is 6.07 Å². The van der Waals surface area contributed by atoms with E-state index in [0.717, 1.165) is 29.2 Å². The van der Waals surface area contributed by atoms with Crippen molar-refractivity contribution in [3.63, 3.8) is 0 Å². The summed E-state index contributed by atoms with van der Waals surface area (Å²) in [5, 5.41) is 23.1. The molecule has 0 saturated heterocycles. The standard InChI is InChI=1S/C20H26N2O/c21-11-18(22-19(12-23)15-4-2-1-3-5-15)20-16-7-13-6-14(9-16)10-17(20)8-13/h1-5,13-14,16-20,22-23H,6-10,12H2/t13?,14?,16?,17?,18-,19-,20?/m0/s1. The number of nitriles is 1. The molecule has 3 nitrogen and oxygen atoms in total. The van der Waals surface area contributed by atoms with Crippen LogP contribution >= 0.6 is 0 Å². The van der Waals surface area contributed by atoms with Crippen LogP contribution < -0.4 is 5.32 Å². The van der Waals surface area contributed by atoms with Gasteiger partial charge in [0.1, 0.15) is 0 Å². The van der Waals surface area contributed by atoms with Crippen LogP contribution in [0, 0.1) is 40.9 Å². The fourth-order valence-corrected chi connectivity index (χ4v) is 5.90. The van der Waals surface area contributed by atoms with E-state index in [9.17, 15) is 10.4 Å². The zero-order valence-electron chi connectivity index (χ0n) is 13.6. The van der Waals surface area contributed by atoms with E-state index in [-0.39, 0.29) is 18.7 Å². The van der Waals surface area contributed by atoms with Crippen molar-refractivity contribution in [1.29, 1.82) is 5.26 Å². The van der Waals surface area contributed by atoms with Crippen molar-refractivity contribution in [2.45, 2.75) is 44.2 Å². The lowest BCUT2D eigenvalue weighted by molar-refractivity contribution is -0.0463. The predicted molar refractivity (Wildman–Crippen MR) is 89.3 cm³/mol. The van der Waals surface area contributed by atoms with Crippen LogP contribution in [-0.4, -0.2) is 17.8 Å². The number of nitrogens with one attached hydrogen (secondary N) is 1. The highest BCUT2D eigenvalue weighted by Crippen LogP contribution is 2.57. The maximum atomic E-state index is 9.81. The summed E-state index contributed by atoms with van der Waals surface area (Å²) in [6.45, 7) is 0.0372. The van der Waals surface area contributed by atoms with E-state index < -0.39 is 0 Å². The second-order valence-electron chi connectivity index (χ2n) is 7.93. The van der Waals surface area contributed by atoms with E-state index in [0.29, 0.717) is 5.92 Å². The molecule has 2 atom stereocenters. The van der Waals surface area contributed by atoms with E-state index in [4.69, 9.17) is 0 Å². The summed E-state index contributed by atoms with van der Waals surface area (Å²) in [4.78, 5) is 0. The lowest BCUT2D eigenvalue weighted by Crippen LogP contribution is -2.53. The first-order valence-electron chi connectivity index (χ1n) is 9.10. The molecule has 122 valence electrons. The molecule has 4 aliphatic rings. The van der Waals surface area contributed by atoms with Gasteiger partial charge in [0.05, 0.1) is 24.8 Å². The summed E-state index contributed by atoms with van der Waals surface area (Å²) in [7, 11) is 0. The van der Waals surface area contributed by atoms with Gasteiger partial charge >= 0.3 is 0 Å². The molecule has 3 heteroatoms. The molecule has 0 aromatic heterocycles. The molecule has 4 saturated carbocycles. The first-order chi connectivity index (χ1) is 11.3. The van der Waals surface area contributed by atoms with Crippen molar-refractivity contribution in [3.05, 3.63) is 35.9 Å². The van der Waals surface area contributed by atoms with Gasteiger partial charge in [-0.3, -0.25) is 5.32 Å². The maximum Gasteiger partial charge on any atom is 0.0992 e. The van der Waals surface area contributed by atoms with Gasteiger partial charge in [0, 0.05) is 0 Å². The van der Waals surface area contributed by atoms with Gasteiger partial charge in [-0.2, -0.15) is 5.26 Å². The molecule has 0 unspecified atom stereocenters. The van der Waals surface area contributed by atoms with Crippen LogP contribution in [0.2, 0.25) is 0 Å². The molecule has 4 aliphatic carbocycles. The minimum absolute atomic E-state index is 0.0372.